The van der Waals surface area contributed by atoms with Gasteiger partial charge in [-0.3, -0.25) is 9.69 Å². The highest BCUT2D eigenvalue weighted by molar-refractivity contribution is 5.79. The molecule has 2 nitrogen and oxygen atoms in total. The number of carbonyl (C=O) groups excluding carboxylic acids is 1. The van der Waals surface area contributed by atoms with E-state index in [0.717, 1.165) is 19.3 Å². The third-order valence-corrected chi connectivity index (χ3v) is 2.45. The first-order valence-electron chi connectivity index (χ1n) is 4.12. The second-order valence-corrected chi connectivity index (χ2v) is 3.32. The average molecular weight is 139 g/mol. The Balaban J connectivity index is 1.89. The van der Waals surface area contributed by atoms with Gasteiger partial charge in [-0.25, -0.2) is 0 Å². The highest BCUT2D eigenvalue weighted by Gasteiger charge is 2.30. The number of hydrogen-bond donors (Lipinski definition) is 0. The highest BCUT2D eigenvalue weighted by atomic mass is 16.1. The maximum atomic E-state index is 11.0. The molecule has 0 radical (unpaired) electrons. The van der Waals surface area contributed by atoms with Gasteiger partial charge in [0.2, 0.25) is 0 Å². The Hall–Kier alpha value is -0.370. The SMILES string of the molecule is O=C1CCC[C@@H](N2CC2)C1. The van der Waals surface area contributed by atoms with Crippen molar-refractivity contribution in [2.24, 2.45) is 0 Å². The summed E-state index contributed by atoms with van der Waals surface area (Å²) >= 11 is 0. The first kappa shape index (κ1) is 6.35. The van der Waals surface area contributed by atoms with E-state index in [9.17, 15) is 4.79 Å². The third-order valence-electron chi connectivity index (χ3n) is 2.45. The lowest BCUT2D eigenvalue weighted by molar-refractivity contribution is -0.121. The second-order valence-electron chi connectivity index (χ2n) is 3.32. The summed E-state index contributed by atoms with van der Waals surface area (Å²) in [5, 5.41) is 0. The summed E-state index contributed by atoms with van der Waals surface area (Å²) in [6.45, 7) is 2.47. The van der Waals surface area contributed by atoms with E-state index in [1.807, 2.05) is 0 Å². The number of ketones is 1. The molecule has 10 heavy (non-hydrogen) atoms. The van der Waals surface area contributed by atoms with Gasteiger partial charge in [-0.2, -0.15) is 0 Å². The molecule has 2 heteroatoms. The lowest BCUT2D eigenvalue weighted by Gasteiger charge is -2.21. The molecule has 1 atom stereocenters. The molecule has 0 spiro atoms. The van der Waals surface area contributed by atoms with Crippen molar-refractivity contribution in [2.45, 2.75) is 31.7 Å². The monoisotopic (exact) mass is 139 g/mol. The molecule has 0 aromatic rings. The smallest absolute Gasteiger partial charge is 0.134 e. The summed E-state index contributed by atoms with van der Waals surface area (Å²) in [4.78, 5) is 13.4. The maximum absolute atomic E-state index is 11.0. The standard InChI is InChI=1S/C8H13NO/c10-8-3-1-2-7(6-8)9-4-5-9/h7H,1-6H2/t7-/m1/s1. The number of nitrogens with zero attached hydrogens (tertiary/aromatic N) is 1. The zero-order valence-electron chi connectivity index (χ0n) is 6.18. The van der Waals surface area contributed by atoms with Gasteiger partial charge in [-0.1, -0.05) is 0 Å². The summed E-state index contributed by atoms with van der Waals surface area (Å²) in [6, 6.07) is 0.626. The fourth-order valence-corrected chi connectivity index (χ4v) is 1.74. The molecule has 1 heterocycles. The molecular weight excluding hydrogens is 126 g/mol. The van der Waals surface area contributed by atoms with Crippen LogP contribution in [-0.2, 0) is 4.79 Å². The van der Waals surface area contributed by atoms with E-state index in [0.29, 0.717) is 11.8 Å². The first-order valence-corrected chi connectivity index (χ1v) is 4.12. The maximum Gasteiger partial charge on any atom is 0.134 e. The molecule has 0 amide bonds. The van der Waals surface area contributed by atoms with Gasteiger partial charge in [-0.05, 0) is 12.8 Å². The van der Waals surface area contributed by atoms with Crippen LogP contribution in [0, 0.1) is 0 Å². The normalized spacial score (nSPS) is 34.4. The lowest BCUT2D eigenvalue weighted by atomic mass is 9.94. The molecule has 0 aromatic heterocycles. The van der Waals surface area contributed by atoms with Crippen molar-refractivity contribution in [1.29, 1.82) is 0 Å². The van der Waals surface area contributed by atoms with Gasteiger partial charge in [0.15, 0.2) is 0 Å². The molecule has 1 aliphatic heterocycles. The Bertz CT molecular complexity index is 151. The topological polar surface area (TPSA) is 20.1 Å². The Morgan fingerprint density at radius 2 is 2.20 bits per heavy atom. The third kappa shape index (κ3) is 1.21. The van der Waals surface area contributed by atoms with E-state index in [-0.39, 0.29) is 0 Å². The van der Waals surface area contributed by atoms with Crippen molar-refractivity contribution in [1.82, 2.24) is 4.90 Å². The quantitative estimate of drug-likeness (QED) is 0.501. The van der Waals surface area contributed by atoms with E-state index in [2.05, 4.69) is 4.90 Å². The molecule has 1 saturated carbocycles. The number of rotatable bonds is 1. The van der Waals surface area contributed by atoms with Crippen LogP contribution in [-0.4, -0.2) is 29.8 Å². The largest absolute Gasteiger partial charge is 0.300 e. The van der Waals surface area contributed by atoms with E-state index >= 15 is 0 Å². The molecule has 0 bridgehead atoms. The van der Waals surface area contributed by atoms with Gasteiger partial charge in [0.25, 0.3) is 0 Å². The van der Waals surface area contributed by atoms with Gasteiger partial charge in [0.1, 0.15) is 5.78 Å². The number of Topliss-reactive ketones (excluding diaryl/α,β-unsaturated/α-hetero) is 1. The predicted molar refractivity (Wildman–Crippen MR) is 38.8 cm³/mol. The highest BCUT2D eigenvalue weighted by Crippen LogP contribution is 2.24. The Labute approximate surface area is 61.2 Å². The molecular formula is C8H13NO. The van der Waals surface area contributed by atoms with Crippen LogP contribution in [0.2, 0.25) is 0 Å². The molecule has 56 valence electrons. The molecule has 2 aliphatic rings. The molecule has 2 rings (SSSR count). The summed E-state index contributed by atoms with van der Waals surface area (Å²) < 4.78 is 0. The van der Waals surface area contributed by atoms with Crippen molar-refractivity contribution in [3.8, 4) is 0 Å². The van der Waals surface area contributed by atoms with Crippen LogP contribution in [0.15, 0.2) is 0 Å². The molecule has 2 fully saturated rings. The number of carbonyl (C=O) groups is 1. The van der Waals surface area contributed by atoms with Crippen molar-refractivity contribution in [2.75, 3.05) is 13.1 Å². The second kappa shape index (κ2) is 2.35. The van der Waals surface area contributed by atoms with Crippen molar-refractivity contribution in [3.05, 3.63) is 0 Å². The van der Waals surface area contributed by atoms with E-state index in [1.165, 1.54) is 19.5 Å². The van der Waals surface area contributed by atoms with Crippen molar-refractivity contribution in [3.63, 3.8) is 0 Å². The van der Waals surface area contributed by atoms with Gasteiger partial charge >= 0.3 is 0 Å². The minimum Gasteiger partial charge on any atom is -0.300 e. The fourth-order valence-electron chi connectivity index (χ4n) is 1.74. The number of hydrogen-bond acceptors (Lipinski definition) is 2. The summed E-state index contributed by atoms with van der Waals surface area (Å²) in [5.41, 5.74) is 0. The van der Waals surface area contributed by atoms with Crippen LogP contribution in [0.4, 0.5) is 0 Å². The van der Waals surface area contributed by atoms with E-state index < -0.39 is 0 Å². The fraction of sp³-hybridized carbons (Fsp3) is 0.875. The Morgan fingerprint density at radius 1 is 1.40 bits per heavy atom. The van der Waals surface area contributed by atoms with Crippen molar-refractivity contribution < 1.29 is 4.79 Å². The molecule has 0 aromatic carbocycles. The minimum absolute atomic E-state index is 0.475. The Morgan fingerprint density at radius 3 is 2.80 bits per heavy atom. The molecule has 0 N–H and O–H groups in total. The molecule has 0 unspecified atom stereocenters. The van der Waals surface area contributed by atoms with Gasteiger partial charge < -0.3 is 0 Å². The first-order chi connectivity index (χ1) is 4.86. The van der Waals surface area contributed by atoms with Crippen molar-refractivity contribution >= 4 is 5.78 Å². The molecule has 1 saturated heterocycles. The van der Waals surface area contributed by atoms with Gasteiger partial charge in [0, 0.05) is 32.0 Å². The summed E-state index contributed by atoms with van der Waals surface area (Å²) in [7, 11) is 0. The zero-order valence-corrected chi connectivity index (χ0v) is 6.18. The minimum atomic E-state index is 0.475. The van der Waals surface area contributed by atoms with Crippen LogP contribution in [0.5, 0.6) is 0 Å². The van der Waals surface area contributed by atoms with E-state index in [4.69, 9.17) is 0 Å². The van der Waals surface area contributed by atoms with Crippen LogP contribution in [0.25, 0.3) is 0 Å². The van der Waals surface area contributed by atoms with Crippen LogP contribution in [0.1, 0.15) is 25.7 Å². The van der Waals surface area contributed by atoms with Gasteiger partial charge in [-0.15, -0.1) is 0 Å². The predicted octanol–water partition coefficient (Wildman–Crippen LogP) is 0.814. The van der Waals surface area contributed by atoms with E-state index in [1.54, 1.807) is 0 Å². The Kier molecular flexibility index (Phi) is 1.49. The zero-order chi connectivity index (χ0) is 6.97. The summed E-state index contributed by atoms with van der Waals surface area (Å²) in [5.74, 6) is 0.475. The van der Waals surface area contributed by atoms with Crippen LogP contribution in [0.3, 0.4) is 0 Å². The lowest BCUT2D eigenvalue weighted by Crippen LogP contribution is -2.26. The van der Waals surface area contributed by atoms with Gasteiger partial charge in [0.05, 0.1) is 0 Å². The molecule has 1 aliphatic carbocycles. The average Bonchev–Trinajstić information content (AvgIpc) is 2.68. The van der Waals surface area contributed by atoms with Crippen LogP contribution < -0.4 is 0 Å². The van der Waals surface area contributed by atoms with Crippen LogP contribution >= 0.6 is 0 Å². The summed E-state index contributed by atoms with van der Waals surface area (Å²) in [6.07, 6.45) is 4.05.